The number of benzene rings is 2. The average Bonchev–Trinajstić information content (AvgIpc) is 3.04. The predicted molar refractivity (Wildman–Crippen MR) is 154 cm³/mol. The van der Waals surface area contributed by atoms with E-state index in [2.05, 4.69) is 15.5 Å². The molecule has 2 aromatic rings. The fraction of sp³-hybridized carbons (Fsp3) is 0.483. The van der Waals surface area contributed by atoms with Crippen molar-refractivity contribution in [3.8, 4) is 11.5 Å². The standard InChI is InChI=1S/C29H38N6O6/c1-39-25-6-4-21(20-26(25)40-2)27(36)31-23-19-22(28(37)33-9-7-30-8-10-33)3-5-24(23)32-11-13-34(14-12-32)29(38)35-15-17-41-18-16-35/h3-6,19-20,30H,7-18H2,1-2H3,(H,31,36). The Labute approximate surface area is 240 Å². The van der Waals surface area contributed by atoms with E-state index in [1.165, 1.54) is 7.11 Å². The first kappa shape index (κ1) is 28.5. The number of ether oxygens (including phenoxy) is 3. The Morgan fingerprint density at radius 1 is 0.756 bits per heavy atom. The van der Waals surface area contributed by atoms with E-state index in [-0.39, 0.29) is 17.8 Å². The van der Waals surface area contributed by atoms with Crippen molar-refractivity contribution in [2.24, 2.45) is 0 Å². The number of hydrogen-bond acceptors (Lipinski definition) is 8. The number of urea groups is 1. The molecule has 3 heterocycles. The van der Waals surface area contributed by atoms with E-state index < -0.39 is 0 Å². The van der Waals surface area contributed by atoms with Gasteiger partial charge in [0, 0.05) is 76.6 Å². The number of carbonyl (C=O) groups excluding carboxylic acids is 3. The highest BCUT2D eigenvalue weighted by Gasteiger charge is 2.28. The molecule has 12 nitrogen and oxygen atoms in total. The van der Waals surface area contributed by atoms with Crippen molar-refractivity contribution in [3.63, 3.8) is 0 Å². The number of hydrogen-bond donors (Lipinski definition) is 2. The zero-order valence-corrected chi connectivity index (χ0v) is 23.7. The lowest BCUT2D eigenvalue weighted by Gasteiger charge is -2.40. The second kappa shape index (κ2) is 13.1. The van der Waals surface area contributed by atoms with Gasteiger partial charge >= 0.3 is 6.03 Å². The van der Waals surface area contributed by atoms with Crippen molar-refractivity contribution in [1.29, 1.82) is 0 Å². The molecule has 4 amide bonds. The molecule has 0 bridgehead atoms. The quantitative estimate of drug-likeness (QED) is 0.542. The molecule has 12 heteroatoms. The van der Waals surface area contributed by atoms with Gasteiger partial charge in [0.2, 0.25) is 0 Å². The molecule has 0 aliphatic carbocycles. The molecule has 0 spiro atoms. The molecule has 5 rings (SSSR count). The summed E-state index contributed by atoms with van der Waals surface area (Å²) in [5.41, 5.74) is 2.25. The maximum atomic E-state index is 13.4. The van der Waals surface area contributed by atoms with Crippen LogP contribution in [0.15, 0.2) is 36.4 Å². The molecule has 0 aromatic heterocycles. The minimum atomic E-state index is -0.333. The Morgan fingerprint density at radius 2 is 1.41 bits per heavy atom. The van der Waals surface area contributed by atoms with Crippen molar-refractivity contribution >= 4 is 29.2 Å². The summed E-state index contributed by atoms with van der Waals surface area (Å²) >= 11 is 0. The molecular formula is C29H38N6O6. The highest BCUT2D eigenvalue weighted by molar-refractivity contribution is 6.07. The summed E-state index contributed by atoms with van der Waals surface area (Å²) < 4.78 is 16.1. The van der Waals surface area contributed by atoms with Gasteiger partial charge in [-0.15, -0.1) is 0 Å². The smallest absolute Gasteiger partial charge is 0.320 e. The topological polar surface area (TPSA) is 116 Å². The van der Waals surface area contributed by atoms with Gasteiger partial charge in [-0.3, -0.25) is 9.59 Å². The first-order valence-corrected chi connectivity index (χ1v) is 14.0. The summed E-state index contributed by atoms with van der Waals surface area (Å²) in [4.78, 5) is 47.4. The van der Waals surface area contributed by atoms with Crippen LogP contribution in [0, 0.1) is 0 Å². The van der Waals surface area contributed by atoms with Gasteiger partial charge in [0.15, 0.2) is 11.5 Å². The number of nitrogens with one attached hydrogen (secondary N) is 2. The second-order valence-corrected chi connectivity index (χ2v) is 10.2. The maximum Gasteiger partial charge on any atom is 0.320 e. The van der Waals surface area contributed by atoms with Gasteiger partial charge in [-0.25, -0.2) is 4.79 Å². The van der Waals surface area contributed by atoms with Gasteiger partial charge in [-0.05, 0) is 36.4 Å². The second-order valence-electron chi connectivity index (χ2n) is 10.2. The lowest BCUT2D eigenvalue weighted by Crippen LogP contribution is -2.55. The molecule has 3 saturated heterocycles. The zero-order chi connectivity index (χ0) is 28.8. The maximum absolute atomic E-state index is 13.4. The third kappa shape index (κ3) is 6.49. The van der Waals surface area contributed by atoms with Crippen molar-refractivity contribution in [2.45, 2.75) is 0 Å². The lowest BCUT2D eigenvalue weighted by molar-refractivity contribution is 0.0428. The molecule has 3 aliphatic rings. The van der Waals surface area contributed by atoms with E-state index in [0.717, 1.165) is 18.8 Å². The Balaban J connectivity index is 1.36. The number of carbonyl (C=O) groups is 3. The summed E-state index contributed by atoms with van der Waals surface area (Å²) in [7, 11) is 3.06. The summed E-state index contributed by atoms with van der Waals surface area (Å²) in [6.07, 6.45) is 0. The molecule has 2 aromatic carbocycles. The number of nitrogens with zero attached hydrogens (tertiary/aromatic N) is 4. The van der Waals surface area contributed by atoms with E-state index in [4.69, 9.17) is 14.2 Å². The molecule has 0 radical (unpaired) electrons. The molecule has 220 valence electrons. The van der Waals surface area contributed by atoms with Gasteiger partial charge in [-0.1, -0.05) is 0 Å². The van der Waals surface area contributed by atoms with Gasteiger partial charge < -0.3 is 44.4 Å². The zero-order valence-electron chi connectivity index (χ0n) is 23.7. The van der Waals surface area contributed by atoms with Crippen molar-refractivity contribution < 1.29 is 28.6 Å². The molecule has 3 aliphatic heterocycles. The van der Waals surface area contributed by atoms with Gasteiger partial charge in [-0.2, -0.15) is 0 Å². The van der Waals surface area contributed by atoms with Gasteiger partial charge in [0.1, 0.15) is 0 Å². The third-order valence-corrected chi connectivity index (χ3v) is 7.71. The number of anilines is 2. The molecule has 0 saturated carbocycles. The van der Waals surface area contributed by atoms with E-state index in [0.29, 0.717) is 93.9 Å². The highest BCUT2D eigenvalue weighted by atomic mass is 16.5. The van der Waals surface area contributed by atoms with E-state index >= 15 is 0 Å². The molecule has 2 N–H and O–H groups in total. The first-order valence-electron chi connectivity index (χ1n) is 14.0. The fourth-order valence-electron chi connectivity index (χ4n) is 5.36. The third-order valence-electron chi connectivity index (χ3n) is 7.71. The van der Waals surface area contributed by atoms with Crippen LogP contribution in [0.5, 0.6) is 11.5 Å². The van der Waals surface area contributed by atoms with E-state index in [1.54, 1.807) is 31.4 Å². The van der Waals surface area contributed by atoms with Gasteiger partial charge in [0.25, 0.3) is 11.8 Å². The van der Waals surface area contributed by atoms with Crippen molar-refractivity contribution in [2.75, 3.05) is 103 Å². The van der Waals surface area contributed by atoms with Crippen LogP contribution in [0.3, 0.4) is 0 Å². The number of amides is 4. The van der Waals surface area contributed by atoms with E-state index in [9.17, 15) is 14.4 Å². The monoisotopic (exact) mass is 566 g/mol. The fourth-order valence-corrected chi connectivity index (χ4v) is 5.36. The van der Waals surface area contributed by atoms with Crippen LogP contribution in [0.25, 0.3) is 0 Å². The number of piperazine rings is 2. The molecule has 41 heavy (non-hydrogen) atoms. The molecule has 3 fully saturated rings. The number of morpholine rings is 1. The average molecular weight is 567 g/mol. The summed E-state index contributed by atoms with van der Waals surface area (Å²) in [5.74, 6) is 0.572. The molecule has 0 unspecified atom stereocenters. The largest absolute Gasteiger partial charge is 0.493 e. The molecule has 0 atom stereocenters. The van der Waals surface area contributed by atoms with Crippen LogP contribution in [0.2, 0.25) is 0 Å². The predicted octanol–water partition coefficient (Wildman–Crippen LogP) is 1.58. The van der Waals surface area contributed by atoms with Gasteiger partial charge in [0.05, 0.1) is 38.8 Å². The van der Waals surface area contributed by atoms with Crippen LogP contribution in [0.4, 0.5) is 16.2 Å². The van der Waals surface area contributed by atoms with Crippen molar-refractivity contribution in [1.82, 2.24) is 20.0 Å². The Hall–Kier alpha value is -4.03. The highest BCUT2D eigenvalue weighted by Crippen LogP contribution is 2.31. The molecular weight excluding hydrogens is 528 g/mol. The van der Waals surface area contributed by atoms with Crippen LogP contribution >= 0.6 is 0 Å². The number of methoxy groups -OCH3 is 2. The normalized spacial score (nSPS) is 17.7. The SMILES string of the molecule is COc1ccc(C(=O)Nc2cc(C(=O)N3CCNCC3)ccc2N2CCN(C(=O)N3CCOCC3)CC2)cc1OC. The summed E-state index contributed by atoms with van der Waals surface area (Å²) in [6.45, 7) is 7.41. The summed E-state index contributed by atoms with van der Waals surface area (Å²) in [6, 6.07) is 10.5. The number of rotatable bonds is 6. The van der Waals surface area contributed by atoms with Crippen LogP contribution in [-0.4, -0.2) is 125 Å². The van der Waals surface area contributed by atoms with E-state index in [1.807, 2.05) is 26.8 Å². The van der Waals surface area contributed by atoms with Crippen LogP contribution in [0.1, 0.15) is 20.7 Å². The Kier molecular flexibility index (Phi) is 9.10. The Bertz CT molecular complexity index is 1250. The minimum absolute atomic E-state index is 0.0342. The van der Waals surface area contributed by atoms with Crippen LogP contribution in [-0.2, 0) is 4.74 Å². The minimum Gasteiger partial charge on any atom is -0.493 e. The lowest BCUT2D eigenvalue weighted by atomic mass is 10.1. The van der Waals surface area contributed by atoms with Crippen molar-refractivity contribution in [3.05, 3.63) is 47.5 Å². The Morgan fingerprint density at radius 3 is 2.10 bits per heavy atom. The van der Waals surface area contributed by atoms with Crippen LogP contribution < -0.4 is 25.0 Å². The summed E-state index contributed by atoms with van der Waals surface area (Å²) in [5, 5.41) is 6.30. The first-order chi connectivity index (χ1) is 20.0.